The second-order valence-electron chi connectivity index (χ2n) is 0.767. The van der Waals surface area contributed by atoms with Crippen molar-refractivity contribution in [3.63, 3.8) is 0 Å². The molecular weight excluding hydrogens is 386 g/mol. The van der Waals surface area contributed by atoms with E-state index in [-0.39, 0.29) is 0 Å². The van der Waals surface area contributed by atoms with Crippen molar-refractivity contribution in [3.05, 3.63) is 0 Å². The van der Waals surface area contributed by atoms with Gasteiger partial charge in [-0.2, -0.15) is 0 Å². The van der Waals surface area contributed by atoms with Gasteiger partial charge in [-0.15, -0.1) is 0 Å². The molecule has 0 fully saturated rings. The Morgan fingerprint density at radius 3 is 0.400 bits per heavy atom. The number of hydrogen-bond acceptors (Lipinski definition) is 0. The van der Waals surface area contributed by atoms with Gasteiger partial charge in [0.1, 0.15) is 0 Å². The first kappa shape index (κ1) is 15.9. The van der Waals surface area contributed by atoms with E-state index in [4.69, 9.17) is 78.8 Å². The first-order valence-electron chi connectivity index (χ1n) is 1.35. The van der Waals surface area contributed by atoms with E-state index >= 15 is 0 Å². The Morgan fingerprint density at radius 2 is 0.400 bits per heavy atom. The predicted octanol–water partition coefficient (Wildman–Crippen LogP) is 5.51. The van der Waals surface area contributed by atoms with E-state index < -0.39 is 20.4 Å². The molecule has 10 heteroatoms. The summed E-state index contributed by atoms with van der Waals surface area (Å²) in [6, 6.07) is 0. The van der Waals surface area contributed by atoms with E-state index in [0.717, 1.165) is 0 Å². The summed E-state index contributed by atoms with van der Waals surface area (Å²) in [5.41, 5.74) is 0. The average molecular weight is 386 g/mol. The van der Waals surface area contributed by atoms with E-state index in [0.29, 0.717) is 0 Å². The summed E-state index contributed by atoms with van der Waals surface area (Å²) in [5, 5.41) is 0. The topological polar surface area (TPSA) is 0 Å². The summed E-state index contributed by atoms with van der Waals surface area (Å²) < 4.78 is 0. The second kappa shape index (κ2) is 6.87. The van der Waals surface area contributed by atoms with Gasteiger partial charge in [-0.25, -0.2) is 0 Å². The van der Waals surface area contributed by atoms with E-state index in [9.17, 15) is 0 Å². The molecule has 0 saturated carbocycles. The maximum absolute atomic E-state index is 5.00. The van der Waals surface area contributed by atoms with Crippen LogP contribution in [-0.2, 0) is 20.4 Å². The van der Waals surface area contributed by atoms with Gasteiger partial charge in [0.25, 0.3) is 0 Å². The first-order valence-corrected chi connectivity index (χ1v) is 16.7. The molecule has 0 heterocycles. The average Bonchev–Trinajstić information content (AvgIpc) is 1.12. The van der Waals surface area contributed by atoms with Crippen LogP contribution in [0.25, 0.3) is 0 Å². The van der Waals surface area contributed by atoms with Gasteiger partial charge >= 0.3 is 99.2 Å². The minimum atomic E-state index is -2.99. The van der Waals surface area contributed by atoms with Gasteiger partial charge < -0.3 is 0 Å². The van der Waals surface area contributed by atoms with E-state index in [1.165, 1.54) is 0 Å². The van der Waals surface area contributed by atoms with Crippen molar-refractivity contribution in [1.29, 1.82) is 0 Å². The minimum absolute atomic E-state index is 2.99. The molecular formula is Cl8V2. The zero-order valence-electron chi connectivity index (χ0n) is 3.92. The Balaban J connectivity index is 0. The fraction of sp³-hybridized carbons (Fsp3) is 0. The number of halogens is 8. The summed E-state index contributed by atoms with van der Waals surface area (Å²) in [7, 11) is 34.0. The van der Waals surface area contributed by atoms with Crippen LogP contribution in [-0.4, -0.2) is 0 Å². The zero-order chi connectivity index (χ0) is 9.00. The first-order chi connectivity index (χ1) is 4.00. The van der Waals surface area contributed by atoms with Gasteiger partial charge in [0, 0.05) is 0 Å². The third-order valence-corrected chi connectivity index (χ3v) is 0. The summed E-state index contributed by atoms with van der Waals surface area (Å²) in [5.74, 6) is 0. The maximum atomic E-state index is 5.00. The van der Waals surface area contributed by atoms with E-state index in [1.807, 2.05) is 0 Å². The Kier molecular flexibility index (Phi) is 11.0. The third kappa shape index (κ3) is 104. The van der Waals surface area contributed by atoms with Gasteiger partial charge in [0.05, 0.1) is 0 Å². The van der Waals surface area contributed by atoms with Gasteiger partial charge in [0.2, 0.25) is 0 Å². The van der Waals surface area contributed by atoms with Gasteiger partial charge in [-0.1, -0.05) is 0 Å². The number of hydrogen-bond donors (Lipinski definition) is 0. The monoisotopic (exact) mass is 382 g/mol. The molecule has 0 nitrogen and oxygen atoms in total. The van der Waals surface area contributed by atoms with Gasteiger partial charge in [-0.05, 0) is 0 Å². The Bertz CT molecular complexity index is 50.2. The molecule has 0 aliphatic heterocycles. The van der Waals surface area contributed by atoms with Crippen LogP contribution in [0, 0.1) is 0 Å². The molecule has 0 aromatic rings. The van der Waals surface area contributed by atoms with Crippen molar-refractivity contribution in [2.24, 2.45) is 0 Å². The molecule has 0 N–H and O–H groups in total. The summed E-state index contributed by atoms with van der Waals surface area (Å²) in [6.07, 6.45) is 0. The van der Waals surface area contributed by atoms with Gasteiger partial charge in [0.15, 0.2) is 0 Å². The Morgan fingerprint density at radius 1 is 0.400 bits per heavy atom. The van der Waals surface area contributed by atoms with Crippen LogP contribution in [0.2, 0.25) is 0 Å². The molecule has 0 aromatic carbocycles. The fourth-order valence-corrected chi connectivity index (χ4v) is 0. The van der Waals surface area contributed by atoms with E-state index in [1.54, 1.807) is 0 Å². The molecule has 10 heavy (non-hydrogen) atoms. The molecule has 0 saturated heterocycles. The van der Waals surface area contributed by atoms with Crippen molar-refractivity contribution < 1.29 is 20.4 Å². The van der Waals surface area contributed by atoms with Crippen molar-refractivity contribution in [1.82, 2.24) is 0 Å². The molecule has 0 spiro atoms. The second-order valence-corrected chi connectivity index (χ2v) is 28.4. The molecule has 0 rings (SSSR count). The molecule has 0 atom stereocenters. The van der Waals surface area contributed by atoms with Crippen LogP contribution in [0.1, 0.15) is 0 Å². The van der Waals surface area contributed by atoms with Crippen LogP contribution in [0.4, 0.5) is 0 Å². The van der Waals surface area contributed by atoms with Crippen LogP contribution in [0.3, 0.4) is 0 Å². The molecule has 0 bridgehead atoms. The normalized spacial score (nSPS) is 12.0. The van der Waals surface area contributed by atoms with Crippen molar-refractivity contribution >= 4 is 78.8 Å². The Labute approximate surface area is 97.4 Å². The summed E-state index contributed by atoms with van der Waals surface area (Å²) >= 11 is 0. The number of rotatable bonds is 0. The molecule has 0 aliphatic rings. The standard InChI is InChI=1S/8ClH.2V/h8*1H;;/q;;;;;;;;2*+4/p-8. The van der Waals surface area contributed by atoms with Gasteiger partial charge in [-0.3, -0.25) is 0 Å². The zero-order valence-corrected chi connectivity index (χ0v) is 12.8. The summed E-state index contributed by atoms with van der Waals surface area (Å²) in [6.45, 7) is 0. The van der Waals surface area contributed by atoms with Crippen LogP contribution >= 0.6 is 78.8 Å². The molecule has 0 aromatic heterocycles. The Hall–Kier alpha value is 3.49. The van der Waals surface area contributed by atoms with Crippen LogP contribution in [0.5, 0.6) is 0 Å². The summed E-state index contributed by atoms with van der Waals surface area (Å²) in [4.78, 5) is 0. The molecule has 0 aliphatic carbocycles. The predicted molar refractivity (Wildman–Crippen MR) is 46.8 cm³/mol. The SMILES string of the molecule is [Cl][V]([Cl])([Cl])[Cl].[Cl][V]([Cl])([Cl])[Cl]. The quantitative estimate of drug-likeness (QED) is 0.516. The van der Waals surface area contributed by atoms with Crippen LogP contribution < -0.4 is 0 Å². The van der Waals surface area contributed by atoms with Crippen molar-refractivity contribution in [2.75, 3.05) is 0 Å². The molecule has 0 radical (unpaired) electrons. The van der Waals surface area contributed by atoms with Crippen molar-refractivity contribution in [3.8, 4) is 0 Å². The van der Waals surface area contributed by atoms with Crippen molar-refractivity contribution in [2.45, 2.75) is 0 Å². The van der Waals surface area contributed by atoms with E-state index in [2.05, 4.69) is 0 Å². The fourth-order valence-electron chi connectivity index (χ4n) is 0. The van der Waals surface area contributed by atoms with Crippen LogP contribution in [0.15, 0.2) is 0 Å². The molecule has 0 unspecified atom stereocenters. The molecule has 66 valence electrons. The third-order valence-electron chi connectivity index (χ3n) is 0. The molecule has 0 amide bonds.